The van der Waals surface area contributed by atoms with Crippen molar-refractivity contribution in [3.8, 4) is 45.2 Å². The summed E-state index contributed by atoms with van der Waals surface area (Å²) in [5.74, 6) is 1.66. The van der Waals surface area contributed by atoms with Crippen LogP contribution in [0.3, 0.4) is 0 Å². The van der Waals surface area contributed by atoms with Gasteiger partial charge in [0.2, 0.25) is 0 Å². The quantitative estimate of drug-likeness (QED) is 0.282. The number of aromatic hydroxyl groups is 1. The van der Waals surface area contributed by atoms with Crippen molar-refractivity contribution in [2.24, 2.45) is 0 Å². The Bertz CT molecular complexity index is 1270. The van der Waals surface area contributed by atoms with Crippen LogP contribution in [-0.2, 0) is 0 Å². The largest absolute Gasteiger partial charge is 0.508 e. The summed E-state index contributed by atoms with van der Waals surface area (Å²) < 4.78 is 12.0. The second kappa shape index (κ2) is 10.7. The fourth-order valence-corrected chi connectivity index (χ4v) is 4.48. The molecule has 1 atom stereocenters. The van der Waals surface area contributed by atoms with Gasteiger partial charge in [-0.1, -0.05) is 54.0 Å². The second-order valence-electron chi connectivity index (χ2n) is 8.74. The number of nitrogens with zero attached hydrogens (tertiary/aromatic N) is 2. The first-order valence-corrected chi connectivity index (χ1v) is 12.0. The zero-order valence-electron chi connectivity index (χ0n) is 19.6. The molecule has 1 aliphatic rings. The van der Waals surface area contributed by atoms with Gasteiger partial charge < -0.3 is 14.4 Å². The van der Waals surface area contributed by atoms with Gasteiger partial charge in [-0.2, -0.15) is 0 Å². The van der Waals surface area contributed by atoms with E-state index in [2.05, 4.69) is 23.9 Å². The first-order chi connectivity index (χ1) is 16.5. The third-order valence-corrected chi connectivity index (χ3v) is 6.82. The third-order valence-electron chi connectivity index (χ3n) is 6.49. The van der Waals surface area contributed by atoms with Gasteiger partial charge in [-0.3, -0.25) is 4.90 Å². The molecule has 0 saturated carbocycles. The van der Waals surface area contributed by atoms with E-state index in [4.69, 9.17) is 20.9 Å². The van der Waals surface area contributed by atoms with Gasteiger partial charge in [0.25, 0.3) is 0 Å². The molecule has 1 aromatic heterocycles. The molecule has 0 aliphatic carbocycles. The van der Waals surface area contributed by atoms with Crippen LogP contribution in [0.2, 0.25) is 5.02 Å². The predicted octanol–water partition coefficient (Wildman–Crippen LogP) is 7.32. The van der Waals surface area contributed by atoms with Gasteiger partial charge in [-0.15, -0.1) is 12.4 Å². The van der Waals surface area contributed by atoms with Crippen LogP contribution in [0.5, 0.6) is 11.5 Å². The molecule has 7 heteroatoms. The van der Waals surface area contributed by atoms with E-state index in [0.29, 0.717) is 22.5 Å². The fourth-order valence-electron chi connectivity index (χ4n) is 4.26. The number of benzene rings is 3. The Morgan fingerprint density at radius 3 is 2.34 bits per heavy atom. The highest BCUT2D eigenvalue weighted by molar-refractivity contribution is 6.33. The van der Waals surface area contributed by atoms with Gasteiger partial charge in [-0.05, 0) is 61.4 Å². The SMILES string of the molecule is CCC(C)N1CC(Oc2ccc(-c3c(-c4ccccc4Cl)noc3-c3ccc(O)cc3)cc2)C1.Cl. The normalized spacial score (nSPS) is 14.7. The molecule has 182 valence electrons. The smallest absolute Gasteiger partial charge is 0.175 e. The zero-order chi connectivity index (χ0) is 23.7. The van der Waals surface area contributed by atoms with Crippen LogP contribution in [0, 0.1) is 0 Å². The summed E-state index contributed by atoms with van der Waals surface area (Å²) in [6.07, 6.45) is 1.37. The van der Waals surface area contributed by atoms with Crippen LogP contribution < -0.4 is 4.74 Å². The molecule has 1 aliphatic heterocycles. The Morgan fingerprint density at radius 1 is 1.03 bits per heavy atom. The van der Waals surface area contributed by atoms with E-state index in [0.717, 1.165) is 47.5 Å². The van der Waals surface area contributed by atoms with Crippen molar-refractivity contribution in [3.63, 3.8) is 0 Å². The van der Waals surface area contributed by atoms with Gasteiger partial charge >= 0.3 is 0 Å². The summed E-state index contributed by atoms with van der Waals surface area (Å²) in [7, 11) is 0. The Hall–Kier alpha value is -2.99. The summed E-state index contributed by atoms with van der Waals surface area (Å²) in [6.45, 7) is 6.39. The van der Waals surface area contributed by atoms with Crippen LogP contribution >= 0.6 is 24.0 Å². The minimum absolute atomic E-state index is 0. The highest BCUT2D eigenvalue weighted by Crippen LogP contribution is 2.42. The van der Waals surface area contributed by atoms with Gasteiger partial charge in [0, 0.05) is 30.3 Å². The van der Waals surface area contributed by atoms with Crippen molar-refractivity contribution in [1.29, 1.82) is 0 Å². The molecule has 0 spiro atoms. The number of phenols is 1. The molecule has 0 bridgehead atoms. The summed E-state index contributed by atoms with van der Waals surface area (Å²) >= 11 is 6.50. The first kappa shape index (κ1) is 25.1. The Kier molecular flexibility index (Phi) is 7.70. The number of likely N-dealkylation sites (tertiary alicyclic amines) is 1. The lowest BCUT2D eigenvalue weighted by atomic mass is 9.96. The summed E-state index contributed by atoms with van der Waals surface area (Å²) in [5, 5.41) is 14.7. The van der Waals surface area contributed by atoms with Crippen molar-refractivity contribution in [2.45, 2.75) is 32.4 Å². The van der Waals surface area contributed by atoms with E-state index in [9.17, 15) is 5.11 Å². The topological polar surface area (TPSA) is 58.7 Å². The summed E-state index contributed by atoms with van der Waals surface area (Å²) in [4.78, 5) is 2.44. The molecular weight excluding hydrogens is 483 g/mol. The second-order valence-corrected chi connectivity index (χ2v) is 9.14. The van der Waals surface area contributed by atoms with E-state index < -0.39 is 0 Å². The lowest BCUT2D eigenvalue weighted by Crippen LogP contribution is -2.56. The Labute approximate surface area is 216 Å². The van der Waals surface area contributed by atoms with Crippen molar-refractivity contribution >= 4 is 24.0 Å². The Balaban J connectivity index is 0.00000289. The van der Waals surface area contributed by atoms with Crippen molar-refractivity contribution in [2.75, 3.05) is 13.1 Å². The molecule has 1 N–H and O–H groups in total. The summed E-state index contributed by atoms with van der Waals surface area (Å²) in [6, 6.07) is 23.1. The van der Waals surface area contributed by atoms with Gasteiger partial charge in [0.1, 0.15) is 23.3 Å². The molecular formula is C28H28Cl2N2O3. The maximum atomic E-state index is 9.72. The monoisotopic (exact) mass is 510 g/mol. The molecule has 4 aromatic rings. The summed E-state index contributed by atoms with van der Waals surface area (Å²) in [5.41, 5.74) is 4.08. The number of rotatable bonds is 7. The highest BCUT2D eigenvalue weighted by atomic mass is 35.5. The molecule has 5 rings (SSSR count). The van der Waals surface area contributed by atoms with Gasteiger partial charge in [0.05, 0.1) is 10.6 Å². The molecule has 3 aromatic carbocycles. The minimum Gasteiger partial charge on any atom is -0.508 e. The number of ether oxygens (including phenoxy) is 1. The molecule has 35 heavy (non-hydrogen) atoms. The van der Waals surface area contributed by atoms with E-state index in [1.54, 1.807) is 12.1 Å². The van der Waals surface area contributed by atoms with Crippen LogP contribution in [-0.4, -0.2) is 40.4 Å². The van der Waals surface area contributed by atoms with E-state index in [1.807, 2.05) is 60.7 Å². The molecule has 1 unspecified atom stereocenters. The number of aromatic nitrogens is 1. The molecule has 0 radical (unpaired) electrons. The average molecular weight is 511 g/mol. The van der Waals surface area contributed by atoms with E-state index >= 15 is 0 Å². The molecule has 1 fully saturated rings. The van der Waals surface area contributed by atoms with Crippen molar-refractivity contribution < 1.29 is 14.4 Å². The molecule has 2 heterocycles. The maximum Gasteiger partial charge on any atom is 0.175 e. The van der Waals surface area contributed by atoms with Crippen molar-refractivity contribution in [1.82, 2.24) is 10.1 Å². The van der Waals surface area contributed by atoms with Gasteiger partial charge in [0.15, 0.2) is 5.76 Å². The number of halogens is 2. The molecule has 1 saturated heterocycles. The van der Waals surface area contributed by atoms with Crippen LogP contribution in [0.1, 0.15) is 20.3 Å². The van der Waals surface area contributed by atoms with Gasteiger partial charge in [-0.25, -0.2) is 0 Å². The Morgan fingerprint density at radius 2 is 1.69 bits per heavy atom. The van der Waals surface area contributed by atoms with Crippen LogP contribution in [0.25, 0.3) is 33.7 Å². The predicted molar refractivity (Wildman–Crippen MR) is 142 cm³/mol. The first-order valence-electron chi connectivity index (χ1n) is 11.6. The third kappa shape index (κ3) is 5.18. The number of hydrogen-bond acceptors (Lipinski definition) is 5. The minimum atomic E-state index is 0. The van der Waals surface area contributed by atoms with Crippen LogP contribution in [0.4, 0.5) is 0 Å². The molecule has 5 nitrogen and oxygen atoms in total. The standard InChI is InChI=1S/C28H27ClN2O3.ClH/c1-3-18(2)31-16-23(17-31)33-22-14-10-19(11-15-22)26-27(24-6-4-5-7-25(24)29)30-34-28(26)20-8-12-21(32)13-9-20;/h4-15,18,23,32H,3,16-17H2,1-2H3;1H. The lowest BCUT2D eigenvalue weighted by molar-refractivity contribution is -0.00530. The lowest BCUT2D eigenvalue weighted by Gasteiger charge is -2.42. The molecule has 0 amide bonds. The van der Waals surface area contributed by atoms with Crippen LogP contribution in [0.15, 0.2) is 77.3 Å². The maximum absolute atomic E-state index is 9.72. The average Bonchev–Trinajstić information content (AvgIpc) is 3.26. The highest BCUT2D eigenvalue weighted by Gasteiger charge is 2.31. The van der Waals surface area contributed by atoms with Crippen molar-refractivity contribution in [3.05, 3.63) is 77.8 Å². The zero-order valence-corrected chi connectivity index (χ0v) is 21.2. The van der Waals surface area contributed by atoms with E-state index in [1.165, 1.54) is 0 Å². The number of phenolic OH excluding ortho intramolecular Hbond substituents is 1. The number of hydrogen-bond donors (Lipinski definition) is 1. The van der Waals surface area contributed by atoms with E-state index in [-0.39, 0.29) is 24.3 Å². The fraction of sp³-hybridized carbons (Fsp3) is 0.250.